The van der Waals surface area contributed by atoms with Crippen LogP contribution in [0.1, 0.15) is 53.5 Å². The monoisotopic (exact) mass is 536 g/mol. The van der Waals surface area contributed by atoms with Gasteiger partial charge in [0.25, 0.3) is 5.91 Å². The van der Waals surface area contributed by atoms with Crippen LogP contribution < -0.4 is 16.8 Å². The quantitative estimate of drug-likeness (QED) is 0.184. The number of carboxylic acid groups (broad SMARTS) is 1. The first-order valence-corrected chi connectivity index (χ1v) is 12.4. The number of aliphatic hydroxyl groups excluding tert-OH is 1. The van der Waals surface area contributed by atoms with Gasteiger partial charge < -0.3 is 32.1 Å². The van der Waals surface area contributed by atoms with Crippen molar-refractivity contribution in [2.24, 2.45) is 23.3 Å². The van der Waals surface area contributed by atoms with E-state index in [0.29, 0.717) is 10.5 Å². The number of nitrogens with one attached hydrogen (secondary N) is 1. The third-order valence-corrected chi connectivity index (χ3v) is 6.22. The van der Waals surface area contributed by atoms with Crippen LogP contribution in [0.2, 0.25) is 0 Å². The number of imide groups is 1. The summed E-state index contributed by atoms with van der Waals surface area (Å²) in [4.78, 5) is 66.4. The van der Waals surface area contributed by atoms with Gasteiger partial charge in [-0.2, -0.15) is 0 Å². The van der Waals surface area contributed by atoms with Gasteiger partial charge in [-0.25, -0.2) is 4.79 Å². The van der Waals surface area contributed by atoms with E-state index < -0.39 is 77.5 Å². The number of Topliss-reactive ketones (excluding diaryl/α,β-unsaturated/α-hetero) is 1. The van der Waals surface area contributed by atoms with Crippen molar-refractivity contribution in [3.05, 3.63) is 29.8 Å². The number of phenolic OH excluding ortho intramolecular Hbond substituents is 1. The zero-order valence-corrected chi connectivity index (χ0v) is 22.7. The van der Waals surface area contributed by atoms with Gasteiger partial charge >= 0.3 is 5.97 Å². The van der Waals surface area contributed by atoms with Gasteiger partial charge in [-0.15, -0.1) is 0 Å². The lowest BCUT2D eigenvalue weighted by Gasteiger charge is -2.41. The molecule has 1 aromatic carbocycles. The van der Waals surface area contributed by atoms with Crippen LogP contribution in [0.4, 0.5) is 0 Å². The van der Waals surface area contributed by atoms with Crippen molar-refractivity contribution in [1.82, 2.24) is 10.2 Å². The average Bonchev–Trinajstić information content (AvgIpc) is 2.81. The van der Waals surface area contributed by atoms with Gasteiger partial charge in [0.1, 0.15) is 17.8 Å². The summed E-state index contributed by atoms with van der Waals surface area (Å²) < 4.78 is 0. The molecule has 1 rings (SSSR count). The summed E-state index contributed by atoms with van der Waals surface area (Å²) in [5.41, 5.74) is 9.78. The van der Waals surface area contributed by atoms with Crippen LogP contribution >= 0.6 is 0 Å². The number of hydrogen-bond donors (Lipinski definition) is 6. The molecule has 0 aliphatic carbocycles. The van der Waals surface area contributed by atoms with E-state index in [1.54, 1.807) is 27.7 Å². The lowest BCUT2D eigenvalue weighted by Crippen LogP contribution is -2.70. The van der Waals surface area contributed by atoms with E-state index in [1.165, 1.54) is 31.2 Å². The lowest BCUT2D eigenvalue weighted by atomic mass is 9.82. The summed E-state index contributed by atoms with van der Waals surface area (Å²) >= 11 is 0. The molecule has 0 saturated heterocycles. The summed E-state index contributed by atoms with van der Waals surface area (Å²) in [6.45, 7) is 8.62. The first-order chi connectivity index (χ1) is 17.5. The second-order valence-corrected chi connectivity index (χ2v) is 10.3. The third kappa shape index (κ3) is 7.59. The molecule has 0 bridgehead atoms. The van der Waals surface area contributed by atoms with E-state index in [4.69, 9.17) is 11.5 Å². The molecule has 0 saturated carbocycles. The highest BCUT2D eigenvalue weighted by molar-refractivity contribution is 6.16. The Bertz CT molecular complexity index is 1010. The smallest absolute Gasteiger partial charge is 0.337 e. The van der Waals surface area contributed by atoms with Gasteiger partial charge in [0.2, 0.25) is 17.4 Å². The van der Waals surface area contributed by atoms with Crippen LogP contribution in [0.15, 0.2) is 24.3 Å². The highest BCUT2D eigenvalue weighted by Gasteiger charge is 2.56. The molecule has 0 fully saturated rings. The molecule has 0 aromatic heterocycles. The summed E-state index contributed by atoms with van der Waals surface area (Å²) in [5.74, 6) is -6.98. The summed E-state index contributed by atoms with van der Waals surface area (Å²) in [5, 5.41) is 31.9. The fourth-order valence-electron chi connectivity index (χ4n) is 4.06. The van der Waals surface area contributed by atoms with Crippen molar-refractivity contribution in [2.45, 2.75) is 84.2 Å². The number of benzene rings is 1. The number of nitrogens with two attached hydrogens (primary N) is 2. The minimum atomic E-state index is -2.60. The van der Waals surface area contributed by atoms with E-state index in [9.17, 15) is 39.3 Å². The van der Waals surface area contributed by atoms with Crippen LogP contribution in [-0.4, -0.2) is 79.5 Å². The molecule has 5 atom stereocenters. The number of aliphatic hydroxyl groups is 1. The first-order valence-electron chi connectivity index (χ1n) is 12.4. The van der Waals surface area contributed by atoms with Crippen molar-refractivity contribution in [3.8, 4) is 5.75 Å². The second kappa shape index (κ2) is 13.4. The van der Waals surface area contributed by atoms with Gasteiger partial charge in [0.05, 0.1) is 12.1 Å². The molecule has 38 heavy (non-hydrogen) atoms. The Morgan fingerprint density at radius 1 is 0.974 bits per heavy atom. The highest BCUT2D eigenvalue weighted by Crippen LogP contribution is 2.30. The molecule has 0 heterocycles. The van der Waals surface area contributed by atoms with E-state index in [0.717, 1.165) is 6.92 Å². The SMILES string of the molecule is CC(=O)C(CC(C)C)(C(=O)O)N(C(=O)C(N)Cc1ccc(O)cc1)C(=O)C(NC(=O)C(N)C(C)O)C(C)C. The predicted molar refractivity (Wildman–Crippen MR) is 139 cm³/mol. The maximum absolute atomic E-state index is 14.0. The molecule has 5 unspecified atom stereocenters. The molecule has 8 N–H and O–H groups in total. The standard InChI is InChI=1S/C26H40N4O8/c1-13(2)12-26(16(6)32,25(37)38)30(23(35)19(27)11-17-7-9-18(33)10-8-17)24(36)21(14(3)4)29-22(34)20(28)15(5)31/h7-10,13-15,19-21,31,33H,11-12,27-28H2,1-6H3,(H,29,34)(H,37,38). The predicted octanol–water partition coefficient (Wildman–Crippen LogP) is -0.0754. The number of ketones is 1. The molecule has 0 spiro atoms. The summed E-state index contributed by atoms with van der Waals surface area (Å²) in [7, 11) is 0. The number of phenols is 1. The Morgan fingerprint density at radius 2 is 1.50 bits per heavy atom. The zero-order valence-electron chi connectivity index (χ0n) is 22.7. The molecule has 12 heteroatoms. The summed E-state index contributed by atoms with van der Waals surface area (Å²) in [6, 6.07) is 1.44. The van der Waals surface area contributed by atoms with Crippen molar-refractivity contribution >= 4 is 29.5 Å². The average molecular weight is 537 g/mol. The topological polar surface area (TPSA) is 213 Å². The van der Waals surface area contributed by atoms with Gasteiger partial charge in [-0.1, -0.05) is 39.8 Å². The number of rotatable bonds is 13. The molecule has 0 aliphatic rings. The molecular formula is C26H40N4O8. The van der Waals surface area contributed by atoms with Gasteiger partial charge in [0.15, 0.2) is 5.78 Å². The molecular weight excluding hydrogens is 496 g/mol. The number of hydrogen-bond acceptors (Lipinski definition) is 9. The minimum absolute atomic E-state index is 0.0187. The van der Waals surface area contributed by atoms with Crippen LogP contribution in [0.5, 0.6) is 5.75 Å². The molecule has 3 amide bonds. The molecule has 0 aliphatic heterocycles. The van der Waals surface area contributed by atoms with Crippen molar-refractivity contribution in [1.29, 1.82) is 0 Å². The summed E-state index contributed by atoms with van der Waals surface area (Å²) in [6.07, 6.45) is -1.79. The molecule has 0 radical (unpaired) electrons. The Kier molecular flexibility index (Phi) is 11.6. The van der Waals surface area contributed by atoms with Crippen LogP contribution in [0, 0.1) is 11.8 Å². The zero-order chi connectivity index (χ0) is 29.5. The Hall–Kier alpha value is -3.35. The second-order valence-electron chi connectivity index (χ2n) is 10.3. The van der Waals surface area contributed by atoms with Crippen LogP contribution in [0.25, 0.3) is 0 Å². The van der Waals surface area contributed by atoms with Gasteiger partial charge in [-0.05, 0) is 56.2 Å². The number of aliphatic carboxylic acids is 1. The number of carbonyl (C=O) groups is 5. The van der Waals surface area contributed by atoms with Gasteiger partial charge in [-0.3, -0.25) is 24.1 Å². The molecule has 1 aromatic rings. The van der Waals surface area contributed by atoms with Crippen molar-refractivity contribution in [2.75, 3.05) is 0 Å². The maximum atomic E-state index is 14.0. The largest absolute Gasteiger partial charge is 0.508 e. The van der Waals surface area contributed by atoms with E-state index in [1.807, 2.05) is 0 Å². The Balaban J connectivity index is 3.70. The van der Waals surface area contributed by atoms with Crippen LogP contribution in [0.3, 0.4) is 0 Å². The Morgan fingerprint density at radius 3 is 1.89 bits per heavy atom. The number of aromatic hydroxyl groups is 1. The highest BCUT2D eigenvalue weighted by atomic mass is 16.4. The Labute approximate surface area is 222 Å². The molecule has 212 valence electrons. The lowest BCUT2D eigenvalue weighted by molar-refractivity contribution is -0.173. The third-order valence-electron chi connectivity index (χ3n) is 6.22. The number of carbonyl (C=O) groups excluding carboxylic acids is 4. The number of carboxylic acids is 1. The van der Waals surface area contributed by atoms with E-state index in [2.05, 4.69) is 5.32 Å². The van der Waals surface area contributed by atoms with E-state index in [-0.39, 0.29) is 12.2 Å². The van der Waals surface area contributed by atoms with Crippen molar-refractivity contribution < 1.29 is 39.3 Å². The fraction of sp³-hybridized carbons (Fsp3) is 0.577. The maximum Gasteiger partial charge on any atom is 0.337 e. The molecule has 12 nitrogen and oxygen atoms in total. The number of amides is 3. The van der Waals surface area contributed by atoms with Crippen LogP contribution in [-0.2, 0) is 30.4 Å². The number of nitrogens with zero attached hydrogens (tertiary/aromatic N) is 1. The van der Waals surface area contributed by atoms with E-state index >= 15 is 0 Å². The minimum Gasteiger partial charge on any atom is -0.508 e. The van der Waals surface area contributed by atoms with Gasteiger partial charge in [0, 0.05) is 0 Å². The normalized spacial score (nSPS) is 16.2. The first kappa shape index (κ1) is 32.7. The van der Waals surface area contributed by atoms with Crippen molar-refractivity contribution in [3.63, 3.8) is 0 Å². The fourth-order valence-corrected chi connectivity index (χ4v) is 4.06.